The minimum Gasteiger partial charge on any atom is -0.486 e. The predicted octanol–water partition coefficient (Wildman–Crippen LogP) is 2.58. The fourth-order valence-electron chi connectivity index (χ4n) is 4.40. The molecule has 0 saturated carbocycles. The molecule has 0 saturated heterocycles. The average molecular weight is 568 g/mol. The van der Waals surface area contributed by atoms with Gasteiger partial charge in [-0.15, -0.1) is 0 Å². The number of rotatable bonds is 8. The Labute approximate surface area is 233 Å². The summed E-state index contributed by atoms with van der Waals surface area (Å²) >= 11 is 0. The zero-order valence-corrected chi connectivity index (χ0v) is 23.6. The van der Waals surface area contributed by atoms with Crippen LogP contribution >= 0.6 is 0 Å². The number of aliphatic hydroxyl groups excluding tert-OH is 1. The number of aliphatic hydroxyl groups is 1. The summed E-state index contributed by atoms with van der Waals surface area (Å²) in [6, 6.07) is 10.9. The van der Waals surface area contributed by atoms with Crippen LogP contribution in [0.2, 0.25) is 0 Å². The lowest BCUT2D eigenvalue weighted by atomic mass is 9.99. The molecule has 2 aromatic carbocycles. The number of amides is 2. The third-order valence-electron chi connectivity index (χ3n) is 6.90. The van der Waals surface area contributed by atoms with Gasteiger partial charge >= 0.3 is 0 Å². The molecular formula is C28H33N5O6S. The van der Waals surface area contributed by atoms with Gasteiger partial charge in [0.25, 0.3) is 11.8 Å². The Kier molecular flexibility index (Phi) is 8.82. The smallest absolute Gasteiger partial charge is 0.275 e. The van der Waals surface area contributed by atoms with Gasteiger partial charge in [0.2, 0.25) is 10.0 Å². The molecule has 0 bridgehead atoms. The van der Waals surface area contributed by atoms with Crippen molar-refractivity contribution in [3.8, 4) is 5.75 Å². The number of anilines is 1. The fraction of sp³-hybridized carbons (Fsp3) is 0.357. The molecule has 3 atom stereocenters. The molecule has 1 aromatic heterocycles. The van der Waals surface area contributed by atoms with Crippen LogP contribution in [-0.4, -0.2) is 83.4 Å². The van der Waals surface area contributed by atoms with Gasteiger partial charge in [-0.05, 0) is 38.1 Å². The van der Waals surface area contributed by atoms with E-state index in [-0.39, 0.29) is 59.1 Å². The van der Waals surface area contributed by atoms with Gasteiger partial charge in [0, 0.05) is 31.9 Å². The molecular weight excluding hydrogens is 534 g/mol. The molecule has 0 aliphatic carbocycles. The molecule has 40 heavy (non-hydrogen) atoms. The van der Waals surface area contributed by atoms with Crippen molar-refractivity contribution in [1.29, 1.82) is 0 Å². The molecule has 0 fully saturated rings. The third kappa shape index (κ3) is 6.14. The number of hydrogen-bond acceptors (Lipinski definition) is 8. The Morgan fingerprint density at radius 1 is 1.23 bits per heavy atom. The van der Waals surface area contributed by atoms with Gasteiger partial charge in [-0.2, -0.15) is 4.31 Å². The lowest BCUT2D eigenvalue weighted by Gasteiger charge is -2.38. The lowest BCUT2D eigenvalue weighted by molar-refractivity contribution is 0.0388. The summed E-state index contributed by atoms with van der Waals surface area (Å²) in [4.78, 5) is 36.2. The molecule has 0 unspecified atom stereocenters. The highest BCUT2D eigenvalue weighted by Gasteiger charge is 2.36. The van der Waals surface area contributed by atoms with Crippen LogP contribution in [0, 0.1) is 12.8 Å². The second-order valence-corrected chi connectivity index (χ2v) is 12.0. The largest absolute Gasteiger partial charge is 0.486 e. The van der Waals surface area contributed by atoms with E-state index in [0.717, 1.165) is 5.56 Å². The van der Waals surface area contributed by atoms with Crippen molar-refractivity contribution in [2.75, 3.05) is 32.1 Å². The summed E-state index contributed by atoms with van der Waals surface area (Å²) in [7, 11) is -2.36. The highest BCUT2D eigenvalue weighted by atomic mass is 32.2. The number of hydrogen-bond donors (Lipinski definition) is 2. The second kappa shape index (κ2) is 12.1. The molecule has 4 rings (SSSR count). The number of fused-ring (bicyclic) bond motifs is 1. The molecule has 3 aromatic rings. The number of carbonyl (C=O) groups excluding carboxylic acids is 2. The van der Waals surface area contributed by atoms with Crippen molar-refractivity contribution in [2.24, 2.45) is 5.92 Å². The zero-order valence-electron chi connectivity index (χ0n) is 22.8. The molecule has 11 nitrogen and oxygen atoms in total. The molecule has 2 amide bonds. The van der Waals surface area contributed by atoms with Crippen molar-refractivity contribution >= 4 is 27.5 Å². The first-order chi connectivity index (χ1) is 19.0. The van der Waals surface area contributed by atoms with E-state index in [1.807, 2.05) is 13.8 Å². The van der Waals surface area contributed by atoms with Crippen molar-refractivity contribution in [2.45, 2.75) is 37.8 Å². The molecule has 0 radical (unpaired) electrons. The Bertz CT molecular complexity index is 1470. The van der Waals surface area contributed by atoms with Gasteiger partial charge in [-0.1, -0.05) is 30.7 Å². The van der Waals surface area contributed by atoms with Crippen LogP contribution in [0.25, 0.3) is 0 Å². The standard InChI is InChI=1S/C28H33N5O6S/c1-18-8-10-21(11-9-18)40(37,38)32(4)16-25-19(2)15-33(20(3)17-34)28(36)22-6-5-7-23(26(22)39-25)31-27(35)24-14-29-12-13-30-24/h5-14,19-20,25,34H,15-17H2,1-4H3,(H,31,35)/t19-,20+,25+/m0/s1. The minimum atomic E-state index is -3.84. The van der Waals surface area contributed by atoms with Gasteiger partial charge in [0.1, 0.15) is 11.8 Å². The van der Waals surface area contributed by atoms with Crippen molar-refractivity contribution < 1.29 is 27.9 Å². The Morgan fingerprint density at radius 3 is 2.60 bits per heavy atom. The highest BCUT2D eigenvalue weighted by molar-refractivity contribution is 7.89. The van der Waals surface area contributed by atoms with Crippen LogP contribution in [0.15, 0.2) is 66.0 Å². The molecule has 2 heterocycles. The maximum atomic E-state index is 13.6. The SMILES string of the molecule is Cc1ccc(S(=O)(=O)N(C)C[C@H]2Oc3c(NC(=O)c4cnccn4)cccc3C(=O)N([C@H](C)CO)C[C@@H]2C)cc1. The summed E-state index contributed by atoms with van der Waals surface area (Å²) < 4.78 is 34.4. The number of nitrogens with zero attached hydrogens (tertiary/aromatic N) is 4. The van der Waals surface area contributed by atoms with Crippen molar-refractivity contribution in [3.63, 3.8) is 0 Å². The first-order valence-electron chi connectivity index (χ1n) is 12.8. The fourth-order valence-corrected chi connectivity index (χ4v) is 5.59. The number of aromatic nitrogens is 2. The van der Waals surface area contributed by atoms with Gasteiger partial charge in [0.05, 0.1) is 41.5 Å². The zero-order chi connectivity index (χ0) is 29.0. The Morgan fingerprint density at radius 2 is 1.95 bits per heavy atom. The topological polar surface area (TPSA) is 142 Å². The van der Waals surface area contributed by atoms with E-state index in [1.165, 1.54) is 29.9 Å². The number of ether oxygens (including phenoxy) is 1. The summed E-state index contributed by atoms with van der Waals surface area (Å²) in [6.07, 6.45) is 3.44. The predicted molar refractivity (Wildman–Crippen MR) is 149 cm³/mol. The molecule has 0 spiro atoms. The van der Waals surface area contributed by atoms with E-state index in [0.29, 0.717) is 0 Å². The summed E-state index contributed by atoms with van der Waals surface area (Å²) in [5, 5.41) is 12.6. The van der Waals surface area contributed by atoms with Crippen molar-refractivity contribution in [3.05, 3.63) is 77.9 Å². The van der Waals surface area contributed by atoms with Crippen LogP contribution in [0.1, 0.15) is 40.3 Å². The minimum absolute atomic E-state index is 0.0290. The number of nitrogens with one attached hydrogen (secondary N) is 1. The number of likely N-dealkylation sites (N-methyl/N-ethyl adjacent to an activating group) is 1. The summed E-state index contributed by atoms with van der Waals surface area (Å²) in [5.74, 6) is -1.16. The number of aryl methyl sites for hydroxylation is 1. The van der Waals surface area contributed by atoms with E-state index < -0.39 is 28.1 Å². The Balaban J connectivity index is 1.72. The maximum absolute atomic E-state index is 13.6. The summed E-state index contributed by atoms with van der Waals surface area (Å²) in [6.45, 7) is 5.40. The van der Waals surface area contributed by atoms with Crippen LogP contribution in [0.5, 0.6) is 5.75 Å². The van der Waals surface area contributed by atoms with Crippen LogP contribution in [0.4, 0.5) is 5.69 Å². The third-order valence-corrected chi connectivity index (χ3v) is 8.74. The first kappa shape index (κ1) is 29.1. The first-order valence-corrected chi connectivity index (χ1v) is 14.3. The molecule has 2 N–H and O–H groups in total. The van der Waals surface area contributed by atoms with Gasteiger partial charge in [-0.25, -0.2) is 13.4 Å². The van der Waals surface area contributed by atoms with E-state index in [2.05, 4.69) is 15.3 Å². The highest BCUT2D eigenvalue weighted by Crippen LogP contribution is 2.35. The molecule has 1 aliphatic heterocycles. The summed E-state index contributed by atoms with van der Waals surface area (Å²) in [5.41, 5.74) is 1.41. The number of carbonyl (C=O) groups is 2. The number of benzene rings is 2. The molecule has 212 valence electrons. The van der Waals surface area contributed by atoms with E-state index in [4.69, 9.17) is 4.74 Å². The Hall–Kier alpha value is -3.87. The molecule has 1 aliphatic rings. The maximum Gasteiger partial charge on any atom is 0.275 e. The van der Waals surface area contributed by atoms with Gasteiger partial charge in [0.15, 0.2) is 5.75 Å². The number of sulfonamides is 1. The normalized spacial score (nSPS) is 18.4. The van der Waals surface area contributed by atoms with E-state index >= 15 is 0 Å². The van der Waals surface area contributed by atoms with E-state index in [1.54, 1.807) is 54.3 Å². The quantitative estimate of drug-likeness (QED) is 0.423. The number of para-hydroxylation sites is 1. The van der Waals surface area contributed by atoms with Gasteiger partial charge in [-0.3, -0.25) is 14.6 Å². The van der Waals surface area contributed by atoms with Crippen LogP contribution in [0.3, 0.4) is 0 Å². The van der Waals surface area contributed by atoms with E-state index in [9.17, 15) is 23.1 Å². The second-order valence-electron chi connectivity index (χ2n) is 9.95. The van der Waals surface area contributed by atoms with Gasteiger partial charge < -0.3 is 20.1 Å². The van der Waals surface area contributed by atoms with Crippen LogP contribution < -0.4 is 10.1 Å². The molecule has 12 heteroatoms. The average Bonchev–Trinajstić information content (AvgIpc) is 2.95. The van der Waals surface area contributed by atoms with Crippen LogP contribution in [-0.2, 0) is 10.0 Å². The monoisotopic (exact) mass is 567 g/mol. The lowest BCUT2D eigenvalue weighted by Crippen LogP contribution is -2.50. The van der Waals surface area contributed by atoms with Crippen molar-refractivity contribution in [1.82, 2.24) is 19.2 Å².